The highest BCUT2D eigenvalue weighted by Crippen LogP contribution is 2.25. The Morgan fingerprint density at radius 2 is 2.04 bits per heavy atom. The predicted octanol–water partition coefficient (Wildman–Crippen LogP) is 2.95. The monoisotopic (exact) mass is 411 g/mol. The highest BCUT2D eigenvalue weighted by molar-refractivity contribution is 7.92. The van der Waals surface area contributed by atoms with E-state index in [1.165, 1.54) is 26.2 Å². The molecule has 3 rings (SSSR count). The number of halogens is 2. The van der Waals surface area contributed by atoms with Gasteiger partial charge in [0, 0.05) is 6.20 Å². The summed E-state index contributed by atoms with van der Waals surface area (Å²) < 4.78 is 60.7. The molecule has 150 valence electrons. The third-order valence-corrected chi connectivity index (χ3v) is 5.71. The van der Waals surface area contributed by atoms with Gasteiger partial charge in [-0.15, -0.1) is 0 Å². The van der Waals surface area contributed by atoms with Gasteiger partial charge in [0.2, 0.25) is 0 Å². The highest BCUT2D eigenvalue weighted by atomic mass is 32.2. The van der Waals surface area contributed by atoms with Crippen LogP contribution in [0.3, 0.4) is 0 Å². The SMILES string of the molecule is COc1cccc(Cn2cc(NS(=O)(=O)c3c(C)nn(C(F)F)c3C)cn2)c1. The van der Waals surface area contributed by atoms with E-state index in [1.54, 1.807) is 11.8 Å². The van der Waals surface area contributed by atoms with Crippen LogP contribution >= 0.6 is 0 Å². The molecule has 11 heteroatoms. The van der Waals surface area contributed by atoms with Gasteiger partial charge in [0.25, 0.3) is 10.0 Å². The van der Waals surface area contributed by atoms with E-state index in [0.29, 0.717) is 17.0 Å². The molecular formula is C17H19F2N5O3S. The minimum Gasteiger partial charge on any atom is -0.497 e. The smallest absolute Gasteiger partial charge is 0.333 e. The molecule has 1 N–H and O–H groups in total. The van der Waals surface area contributed by atoms with E-state index in [-0.39, 0.29) is 22.0 Å². The molecule has 0 aliphatic rings. The van der Waals surface area contributed by atoms with Gasteiger partial charge >= 0.3 is 6.55 Å². The quantitative estimate of drug-likeness (QED) is 0.646. The van der Waals surface area contributed by atoms with Crippen molar-refractivity contribution in [3.8, 4) is 5.75 Å². The van der Waals surface area contributed by atoms with E-state index >= 15 is 0 Å². The molecule has 0 aliphatic carbocycles. The van der Waals surface area contributed by atoms with Crippen LogP contribution in [0.25, 0.3) is 0 Å². The fourth-order valence-electron chi connectivity index (χ4n) is 2.89. The number of benzene rings is 1. The lowest BCUT2D eigenvalue weighted by atomic mass is 10.2. The fourth-order valence-corrected chi connectivity index (χ4v) is 4.32. The molecule has 0 bridgehead atoms. The second kappa shape index (κ2) is 7.58. The minimum absolute atomic E-state index is 0.00549. The van der Waals surface area contributed by atoms with Gasteiger partial charge in [0.1, 0.15) is 10.6 Å². The van der Waals surface area contributed by atoms with Crippen LogP contribution in [0.5, 0.6) is 5.75 Å². The number of rotatable bonds is 7. The van der Waals surface area contributed by atoms with Gasteiger partial charge in [-0.25, -0.2) is 13.1 Å². The van der Waals surface area contributed by atoms with Crippen molar-refractivity contribution in [2.75, 3.05) is 11.8 Å². The first-order chi connectivity index (χ1) is 13.2. The van der Waals surface area contributed by atoms with E-state index in [0.717, 1.165) is 5.56 Å². The van der Waals surface area contributed by atoms with Gasteiger partial charge in [0.05, 0.1) is 36.9 Å². The maximum atomic E-state index is 13.0. The Hall–Kier alpha value is -2.95. The molecule has 0 atom stereocenters. The van der Waals surface area contributed by atoms with Crippen LogP contribution in [0.4, 0.5) is 14.5 Å². The molecule has 1 aromatic carbocycles. The molecule has 0 amide bonds. The van der Waals surface area contributed by atoms with Crippen LogP contribution in [0.1, 0.15) is 23.5 Å². The van der Waals surface area contributed by atoms with Gasteiger partial charge in [-0.05, 0) is 31.5 Å². The summed E-state index contributed by atoms with van der Waals surface area (Å²) >= 11 is 0. The van der Waals surface area contributed by atoms with Gasteiger partial charge in [-0.1, -0.05) is 12.1 Å². The predicted molar refractivity (Wildman–Crippen MR) is 98.1 cm³/mol. The van der Waals surface area contributed by atoms with Crippen molar-refractivity contribution in [2.45, 2.75) is 31.8 Å². The van der Waals surface area contributed by atoms with Crippen LogP contribution in [-0.4, -0.2) is 35.1 Å². The Morgan fingerprint density at radius 1 is 1.29 bits per heavy atom. The van der Waals surface area contributed by atoms with Crippen molar-refractivity contribution in [2.24, 2.45) is 0 Å². The van der Waals surface area contributed by atoms with Gasteiger partial charge in [-0.2, -0.15) is 19.0 Å². The zero-order chi connectivity index (χ0) is 20.5. The molecule has 0 saturated heterocycles. The van der Waals surface area contributed by atoms with Crippen LogP contribution < -0.4 is 9.46 Å². The summed E-state index contributed by atoms with van der Waals surface area (Å²) in [6.07, 6.45) is 2.86. The molecule has 0 unspecified atom stereocenters. The third kappa shape index (κ3) is 3.98. The summed E-state index contributed by atoms with van der Waals surface area (Å²) in [6.45, 7) is 0.133. The molecule has 0 aliphatic heterocycles. The topological polar surface area (TPSA) is 91.0 Å². The normalized spacial score (nSPS) is 11.8. The molecule has 3 aromatic rings. The van der Waals surface area contributed by atoms with E-state index in [2.05, 4.69) is 14.9 Å². The number of hydrogen-bond acceptors (Lipinski definition) is 5. The Morgan fingerprint density at radius 3 is 2.68 bits per heavy atom. The number of anilines is 1. The summed E-state index contributed by atoms with van der Waals surface area (Å²) in [5.74, 6) is 0.701. The second-order valence-corrected chi connectivity index (χ2v) is 7.73. The van der Waals surface area contributed by atoms with Crippen LogP contribution in [0, 0.1) is 13.8 Å². The first-order valence-corrected chi connectivity index (χ1v) is 9.71. The number of ether oxygens (including phenoxy) is 1. The number of nitrogens with one attached hydrogen (secondary N) is 1. The average Bonchev–Trinajstić information content (AvgIpc) is 3.18. The molecule has 28 heavy (non-hydrogen) atoms. The molecule has 0 radical (unpaired) electrons. The third-order valence-electron chi connectivity index (χ3n) is 4.08. The van der Waals surface area contributed by atoms with Gasteiger partial charge < -0.3 is 4.74 Å². The van der Waals surface area contributed by atoms with E-state index in [4.69, 9.17) is 4.74 Å². The molecule has 8 nitrogen and oxygen atoms in total. The lowest BCUT2D eigenvalue weighted by Gasteiger charge is -2.07. The standard InChI is InChI=1S/C17H19F2N5O3S/c1-11-16(12(2)24(21-11)17(18)19)28(25,26)22-14-8-20-23(10-14)9-13-5-4-6-15(7-13)27-3/h4-8,10,17,22H,9H2,1-3H3. The number of methoxy groups -OCH3 is 1. The van der Waals surface area contributed by atoms with Crippen LogP contribution in [0.2, 0.25) is 0 Å². The Labute approximate surface area is 160 Å². The lowest BCUT2D eigenvalue weighted by molar-refractivity contribution is 0.0538. The maximum absolute atomic E-state index is 13.0. The molecule has 2 aromatic heterocycles. The van der Waals surface area contributed by atoms with E-state index in [9.17, 15) is 17.2 Å². The van der Waals surface area contributed by atoms with Crippen molar-refractivity contribution >= 4 is 15.7 Å². The van der Waals surface area contributed by atoms with Gasteiger partial charge in [-0.3, -0.25) is 9.40 Å². The first kappa shape index (κ1) is 19.8. The zero-order valence-electron chi connectivity index (χ0n) is 15.4. The van der Waals surface area contributed by atoms with Crippen molar-refractivity contribution in [1.29, 1.82) is 0 Å². The zero-order valence-corrected chi connectivity index (χ0v) is 16.2. The summed E-state index contributed by atoms with van der Waals surface area (Å²) in [5, 5.41) is 7.74. The van der Waals surface area contributed by atoms with E-state index in [1.807, 2.05) is 24.3 Å². The van der Waals surface area contributed by atoms with Crippen molar-refractivity contribution in [1.82, 2.24) is 19.6 Å². The maximum Gasteiger partial charge on any atom is 0.333 e. The van der Waals surface area contributed by atoms with Crippen LogP contribution in [0.15, 0.2) is 41.6 Å². The van der Waals surface area contributed by atoms with Crippen LogP contribution in [-0.2, 0) is 16.6 Å². The highest BCUT2D eigenvalue weighted by Gasteiger charge is 2.27. The number of nitrogens with zero attached hydrogens (tertiary/aromatic N) is 4. The Bertz CT molecular complexity index is 1090. The van der Waals surface area contributed by atoms with Crippen molar-refractivity contribution < 1.29 is 21.9 Å². The minimum atomic E-state index is -4.10. The molecule has 0 fully saturated rings. The summed E-state index contributed by atoms with van der Waals surface area (Å²) in [5.41, 5.74) is 0.992. The average molecular weight is 411 g/mol. The first-order valence-electron chi connectivity index (χ1n) is 8.23. The molecular weight excluding hydrogens is 392 g/mol. The number of hydrogen-bond donors (Lipinski definition) is 1. The summed E-state index contributed by atoms with van der Waals surface area (Å²) in [4.78, 5) is -0.270. The summed E-state index contributed by atoms with van der Waals surface area (Å²) in [7, 11) is -2.53. The lowest BCUT2D eigenvalue weighted by Crippen LogP contribution is -2.15. The Balaban J connectivity index is 1.81. The largest absolute Gasteiger partial charge is 0.497 e. The van der Waals surface area contributed by atoms with Gasteiger partial charge in [0.15, 0.2) is 0 Å². The number of aromatic nitrogens is 4. The summed E-state index contributed by atoms with van der Waals surface area (Å²) in [6, 6.07) is 7.39. The number of alkyl halides is 2. The Kier molecular flexibility index (Phi) is 5.36. The number of aryl methyl sites for hydroxylation is 1. The van der Waals surface area contributed by atoms with Crippen molar-refractivity contribution in [3.63, 3.8) is 0 Å². The molecule has 0 spiro atoms. The molecule has 0 saturated carbocycles. The number of sulfonamides is 1. The fraction of sp³-hybridized carbons (Fsp3) is 0.294. The second-order valence-electron chi connectivity index (χ2n) is 6.11. The van der Waals surface area contributed by atoms with E-state index < -0.39 is 16.6 Å². The van der Waals surface area contributed by atoms with Crippen molar-refractivity contribution in [3.05, 3.63) is 53.6 Å². The molecule has 2 heterocycles.